The molecule has 1 saturated carbocycles. The number of fused-ring (bicyclic) bond motifs is 1. The van der Waals surface area contributed by atoms with Crippen molar-refractivity contribution in [2.24, 2.45) is 0 Å². The SMILES string of the molecule is CN1C(=O)c2cc(C(=O)NCC3CCCO3)nn2CC1(C)C(=O)NC1CCCC1. The maximum Gasteiger partial charge on any atom is 0.272 e. The van der Waals surface area contributed by atoms with Crippen LogP contribution in [0.2, 0.25) is 0 Å². The second-order valence-electron chi connectivity index (χ2n) is 8.51. The Morgan fingerprint density at radius 3 is 2.72 bits per heavy atom. The van der Waals surface area contributed by atoms with E-state index in [0.29, 0.717) is 12.2 Å². The first kappa shape index (κ1) is 19.9. The molecule has 158 valence electrons. The van der Waals surface area contributed by atoms with Crippen molar-refractivity contribution in [1.82, 2.24) is 25.3 Å². The summed E-state index contributed by atoms with van der Waals surface area (Å²) < 4.78 is 7.00. The Labute approximate surface area is 170 Å². The highest BCUT2D eigenvalue weighted by molar-refractivity contribution is 6.01. The van der Waals surface area contributed by atoms with Gasteiger partial charge in [-0.05, 0) is 32.6 Å². The molecule has 3 amide bonds. The van der Waals surface area contributed by atoms with E-state index in [1.165, 1.54) is 15.6 Å². The number of ether oxygens (including phenoxy) is 1. The lowest BCUT2D eigenvalue weighted by Crippen LogP contribution is -2.63. The number of nitrogens with zero attached hydrogens (tertiary/aromatic N) is 3. The van der Waals surface area contributed by atoms with Crippen LogP contribution in [0.4, 0.5) is 0 Å². The van der Waals surface area contributed by atoms with Gasteiger partial charge < -0.3 is 20.3 Å². The average molecular weight is 403 g/mol. The summed E-state index contributed by atoms with van der Waals surface area (Å²) in [5.74, 6) is -0.827. The lowest BCUT2D eigenvalue weighted by Gasteiger charge is -2.41. The Morgan fingerprint density at radius 2 is 2.03 bits per heavy atom. The molecule has 1 aromatic rings. The monoisotopic (exact) mass is 403 g/mol. The number of nitrogens with one attached hydrogen (secondary N) is 2. The fourth-order valence-electron chi connectivity index (χ4n) is 4.35. The van der Waals surface area contributed by atoms with Crippen molar-refractivity contribution in [2.45, 2.75) is 69.7 Å². The smallest absolute Gasteiger partial charge is 0.272 e. The van der Waals surface area contributed by atoms with Crippen LogP contribution in [-0.4, -0.2) is 70.3 Å². The summed E-state index contributed by atoms with van der Waals surface area (Å²) in [6.07, 6.45) is 6.14. The predicted molar refractivity (Wildman–Crippen MR) is 104 cm³/mol. The van der Waals surface area contributed by atoms with Crippen LogP contribution in [0.1, 0.15) is 66.4 Å². The Bertz CT molecular complexity index is 810. The number of hydrogen-bond acceptors (Lipinski definition) is 5. The van der Waals surface area contributed by atoms with Gasteiger partial charge in [0.2, 0.25) is 5.91 Å². The molecule has 0 bridgehead atoms. The maximum absolute atomic E-state index is 13.0. The maximum atomic E-state index is 13.0. The third kappa shape index (κ3) is 3.75. The van der Waals surface area contributed by atoms with E-state index in [9.17, 15) is 14.4 Å². The summed E-state index contributed by atoms with van der Waals surface area (Å²) in [5, 5.41) is 10.2. The quantitative estimate of drug-likeness (QED) is 0.753. The van der Waals surface area contributed by atoms with Crippen LogP contribution in [0.25, 0.3) is 0 Å². The van der Waals surface area contributed by atoms with Crippen molar-refractivity contribution in [3.63, 3.8) is 0 Å². The van der Waals surface area contributed by atoms with Crippen LogP contribution in [0.15, 0.2) is 6.07 Å². The van der Waals surface area contributed by atoms with E-state index in [0.717, 1.165) is 45.1 Å². The minimum atomic E-state index is -1.05. The van der Waals surface area contributed by atoms with E-state index < -0.39 is 5.54 Å². The molecule has 29 heavy (non-hydrogen) atoms. The van der Waals surface area contributed by atoms with Gasteiger partial charge in [-0.15, -0.1) is 0 Å². The summed E-state index contributed by atoms with van der Waals surface area (Å²) in [7, 11) is 1.63. The first-order valence-corrected chi connectivity index (χ1v) is 10.5. The Balaban J connectivity index is 1.48. The molecule has 1 aromatic heterocycles. The Morgan fingerprint density at radius 1 is 1.28 bits per heavy atom. The zero-order valence-electron chi connectivity index (χ0n) is 17.1. The molecule has 2 fully saturated rings. The van der Waals surface area contributed by atoms with Crippen LogP contribution in [-0.2, 0) is 16.1 Å². The normalized spacial score (nSPS) is 27.2. The van der Waals surface area contributed by atoms with Crippen molar-refractivity contribution >= 4 is 17.7 Å². The summed E-state index contributed by atoms with van der Waals surface area (Å²) in [6.45, 7) is 3.11. The molecule has 2 unspecified atom stereocenters. The standard InChI is InChI=1S/C20H29N5O4/c1-20(19(28)22-13-6-3-4-7-13)12-25-16(18(27)24(20)2)10-15(23-25)17(26)21-11-14-8-5-9-29-14/h10,13-14H,3-9,11-12H2,1-2H3,(H,21,26)(H,22,28). The average Bonchev–Trinajstić information content (AvgIpc) is 3.45. The molecule has 9 nitrogen and oxygen atoms in total. The van der Waals surface area contributed by atoms with Crippen LogP contribution in [0.5, 0.6) is 0 Å². The summed E-state index contributed by atoms with van der Waals surface area (Å²) >= 11 is 0. The van der Waals surface area contributed by atoms with Crippen molar-refractivity contribution in [2.75, 3.05) is 20.2 Å². The van der Waals surface area contributed by atoms with Gasteiger partial charge in [0, 0.05) is 32.3 Å². The van der Waals surface area contributed by atoms with Gasteiger partial charge in [-0.25, -0.2) is 0 Å². The molecule has 0 aromatic carbocycles. The lowest BCUT2D eigenvalue weighted by molar-refractivity contribution is -0.133. The fraction of sp³-hybridized carbons (Fsp3) is 0.700. The van der Waals surface area contributed by atoms with E-state index in [2.05, 4.69) is 15.7 Å². The molecular formula is C20H29N5O4. The van der Waals surface area contributed by atoms with E-state index in [4.69, 9.17) is 4.74 Å². The zero-order chi connectivity index (χ0) is 20.6. The summed E-state index contributed by atoms with van der Waals surface area (Å²) in [6, 6.07) is 1.67. The van der Waals surface area contributed by atoms with Crippen LogP contribution in [0, 0.1) is 0 Å². The van der Waals surface area contributed by atoms with Gasteiger partial charge in [0.1, 0.15) is 11.2 Å². The topological polar surface area (TPSA) is 106 Å². The van der Waals surface area contributed by atoms with Crippen molar-refractivity contribution in [3.8, 4) is 0 Å². The van der Waals surface area contributed by atoms with E-state index in [1.54, 1.807) is 14.0 Å². The second-order valence-corrected chi connectivity index (χ2v) is 8.51. The van der Waals surface area contributed by atoms with Crippen molar-refractivity contribution in [3.05, 3.63) is 17.5 Å². The van der Waals surface area contributed by atoms with Crippen molar-refractivity contribution < 1.29 is 19.1 Å². The lowest BCUT2D eigenvalue weighted by atomic mass is 9.95. The molecule has 9 heteroatoms. The second kappa shape index (κ2) is 7.78. The van der Waals surface area contributed by atoms with Crippen LogP contribution in [0.3, 0.4) is 0 Å². The number of carbonyl (C=O) groups excluding carboxylic acids is 3. The molecule has 0 radical (unpaired) electrons. The van der Waals surface area contributed by atoms with Gasteiger partial charge in [0.15, 0.2) is 5.69 Å². The molecule has 4 rings (SSSR count). The summed E-state index contributed by atoms with van der Waals surface area (Å²) in [4.78, 5) is 39.8. The van der Waals surface area contributed by atoms with Gasteiger partial charge >= 0.3 is 0 Å². The molecule has 2 aliphatic heterocycles. The first-order valence-electron chi connectivity index (χ1n) is 10.5. The van der Waals surface area contributed by atoms with Crippen LogP contribution >= 0.6 is 0 Å². The highest BCUT2D eigenvalue weighted by Gasteiger charge is 2.46. The van der Waals surface area contributed by atoms with Gasteiger partial charge in [0.25, 0.3) is 11.8 Å². The largest absolute Gasteiger partial charge is 0.376 e. The Hall–Kier alpha value is -2.42. The number of carbonyl (C=O) groups is 3. The number of likely N-dealkylation sites (N-methyl/N-ethyl adjacent to an activating group) is 1. The molecular weight excluding hydrogens is 374 g/mol. The Kier molecular flexibility index (Phi) is 5.33. The summed E-state index contributed by atoms with van der Waals surface area (Å²) in [5.41, 5.74) is -0.550. The molecule has 0 spiro atoms. The van der Waals surface area contributed by atoms with Gasteiger partial charge in [0.05, 0.1) is 12.6 Å². The molecule has 3 heterocycles. The number of rotatable bonds is 5. The minimum Gasteiger partial charge on any atom is -0.376 e. The molecule has 1 aliphatic carbocycles. The number of aromatic nitrogens is 2. The van der Waals surface area contributed by atoms with E-state index in [-0.39, 0.29) is 42.1 Å². The molecule has 3 aliphatic rings. The van der Waals surface area contributed by atoms with Crippen molar-refractivity contribution in [1.29, 1.82) is 0 Å². The fourth-order valence-corrected chi connectivity index (χ4v) is 4.35. The number of amides is 3. The van der Waals surface area contributed by atoms with E-state index >= 15 is 0 Å². The predicted octanol–water partition coefficient (Wildman–Crippen LogP) is 0.695. The van der Waals surface area contributed by atoms with E-state index in [1.807, 2.05) is 0 Å². The third-order valence-corrected chi connectivity index (χ3v) is 6.43. The van der Waals surface area contributed by atoms with Gasteiger partial charge in [-0.3, -0.25) is 19.1 Å². The molecule has 2 atom stereocenters. The third-order valence-electron chi connectivity index (χ3n) is 6.43. The molecule has 1 saturated heterocycles. The van der Waals surface area contributed by atoms with Gasteiger partial charge in [-0.2, -0.15) is 5.10 Å². The highest BCUT2D eigenvalue weighted by Crippen LogP contribution is 2.27. The zero-order valence-corrected chi connectivity index (χ0v) is 17.1. The first-order chi connectivity index (χ1) is 13.9. The molecule has 2 N–H and O–H groups in total. The number of hydrogen-bond donors (Lipinski definition) is 2. The minimum absolute atomic E-state index is 0.0338. The highest BCUT2D eigenvalue weighted by atomic mass is 16.5. The van der Waals surface area contributed by atoms with Crippen LogP contribution < -0.4 is 10.6 Å². The van der Waals surface area contributed by atoms with Gasteiger partial charge in [-0.1, -0.05) is 12.8 Å².